The maximum absolute atomic E-state index is 11.2. The van der Waals surface area contributed by atoms with E-state index < -0.39 is 13.8 Å². The summed E-state index contributed by atoms with van der Waals surface area (Å²) in [6.45, 7) is 2.34. The number of benzene rings is 3. The van der Waals surface area contributed by atoms with E-state index in [9.17, 15) is 35.1 Å². The molecule has 0 aliphatic heterocycles. The van der Waals surface area contributed by atoms with Gasteiger partial charge < -0.3 is 9.84 Å². The number of ether oxygens (including phenoxy) is 1. The molecule has 32 heavy (non-hydrogen) atoms. The fraction of sp³-hybridized carbons (Fsp3) is 0.0952. The molecule has 0 aromatic heterocycles. The molecule has 0 aliphatic carbocycles. The summed E-state index contributed by atoms with van der Waals surface area (Å²) in [4.78, 5) is 11.2. The first kappa shape index (κ1) is 25.9. The van der Waals surface area contributed by atoms with Crippen LogP contribution in [0.5, 0.6) is 5.75 Å². The van der Waals surface area contributed by atoms with Crippen LogP contribution >= 0.6 is 7.81 Å². The van der Waals surface area contributed by atoms with Gasteiger partial charge in [-0.2, -0.15) is 0 Å². The summed E-state index contributed by atoms with van der Waals surface area (Å²) in [6.07, 6.45) is 0. The van der Waals surface area contributed by atoms with E-state index >= 15 is 0 Å². The molecule has 3 aromatic carbocycles. The predicted octanol–water partition coefficient (Wildman–Crippen LogP) is 4.78. The van der Waals surface area contributed by atoms with Crippen LogP contribution < -0.4 is 25.9 Å². The number of halogens is 7. The molecule has 0 aliphatic rings. The summed E-state index contributed by atoms with van der Waals surface area (Å²) >= 11 is -0.199. The maximum atomic E-state index is 11.2. The van der Waals surface area contributed by atoms with Gasteiger partial charge in [0, 0.05) is 5.56 Å². The van der Waals surface area contributed by atoms with Gasteiger partial charge in [0.05, 0.1) is 5.56 Å². The fourth-order valence-corrected chi connectivity index (χ4v) is 4.49. The monoisotopic (exact) mass is 590 g/mol. The molecule has 1 N–H and O–H groups in total. The molecule has 0 spiro atoms. The Bertz CT molecular complexity index is 1060. The zero-order chi connectivity index (χ0) is 24.1. The molecule has 0 bridgehead atoms. The second kappa shape index (κ2) is 9.27. The molecule has 0 radical (unpaired) electrons. The van der Waals surface area contributed by atoms with E-state index in [1.165, 1.54) is 12.7 Å². The Morgan fingerprint density at radius 1 is 0.844 bits per heavy atom. The van der Waals surface area contributed by atoms with Gasteiger partial charge in [-0.1, -0.05) is 35.9 Å². The number of hydrogen-bond acceptors (Lipinski definition) is 2. The fourth-order valence-electron chi connectivity index (χ4n) is 2.33. The number of hydrogen-bond donors (Lipinski definition) is 1. The average Bonchev–Trinajstić information content (AvgIpc) is 2.67. The molecule has 3 nitrogen and oxygen atoms in total. The Hall–Kier alpha value is -2.33. The molecule has 0 heterocycles. The first-order valence-electron chi connectivity index (χ1n) is 8.89. The van der Waals surface area contributed by atoms with Crippen molar-refractivity contribution in [3.8, 4) is 5.75 Å². The third-order valence-electron chi connectivity index (χ3n) is 3.68. The number of carboxylic acids is 1. The van der Waals surface area contributed by atoms with Crippen LogP contribution in [-0.2, 0) is 6.61 Å². The normalized spacial score (nSPS) is 13.2. The number of carboxylic acid groups (broad SMARTS) is 1. The molecule has 3 aromatic rings. The quantitative estimate of drug-likeness (QED) is 0.256. The van der Waals surface area contributed by atoms with Crippen LogP contribution in [-0.4, -0.2) is 11.1 Å². The van der Waals surface area contributed by atoms with Gasteiger partial charge in [0.25, 0.3) is 0 Å². The first-order valence-corrected chi connectivity index (χ1v) is 13.1. The standard InChI is InChI=1S/C21H17IO3.F6P/c1-15-6-8-17(9-7-15)22-18-10-12-19(13-11-18)25-14-16-4-2-3-5-20(16)21(23)24;1-7(2,3,4,5)6/h2-13H,14H2,1H3;/q;-1/p+1. The third-order valence-corrected chi connectivity index (χ3v) is 6.37. The third kappa shape index (κ3) is 11.3. The van der Waals surface area contributed by atoms with E-state index in [4.69, 9.17) is 4.74 Å². The van der Waals surface area contributed by atoms with Crippen molar-refractivity contribution in [2.24, 2.45) is 0 Å². The van der Waals surface area contributed by atoms with Crippen LogP contribution in [0.3, 0.4) is 0 Å². The van der Waals surface area contributed by atoms with Crippen molar-refractivity contribution in [2.75, 3.05) is 0 Å². The molecule has 3 rings (SSSR count). The summed E-state index contributed by atoms with van der Waals surface area (Å²) < 4.78 is 67.7. The minimum absolute atomic E-state index is 0.199. The molecule has 0 saturated carbocycles. The topological polar surface area (TPSA) is 46.5 Å². The van der Waals surface area contributed by atoms with Gasteiger partial charge in [0.1, 0.15) is 12.4 Å². The summed E-state index contributed by atoms with van der Waals surface area (Å²) in [5.74, 6) is -0.186. The Kier molecular flexibility index (Phi) is 7.51. The number of aryl methyl sites for hydroxylation is 1. The molecular formula is C21H18F6IO3P. The van der Waals surface area contributed by atoms with Crippen LogP contribution in [0.25, 0.3) is 0 Å². The van der Waals surface area contributed by atoms with Crippen molar-refractivity contribution in [3.63, 3.8) is 0 Å². The van der Waals surface area contributed by atoms with Gasteiger partial charge in [-0.05, 0) is 49.4 Å². The molecule has 0 atom stereocenters. The Morgan fingerprint density at radius 3 is 1.81 bits per heavy atom. The SMILES string of the molecule is Cc1ccc([I+]c2ccc(OCc3ccccc3C(=O)O)cc2)cc1.F[P-](F)(F)(F)(F)F. The zero-order valence-corrected chi connectivity index (χ0v) is 19.5. The van der Waals surface area contributed by atoms with Crippen molar-refractivity contribution in [3.05, 3.63) is 96.6 Å². The second-order valence-corrected chi connectivity index (χ2v) is 11.5. The van der Waals surface area contributed by atoms with E-state index in [1.807, 2.05) is 18.2 Å². The number of carbonyl (C=O) groups is 1. The minimum atomic E-state index is -10.7. The van der Waals surface area contributed by atoms with E-state index in [0.717, 1.165) is 5.75 Å². The van der Waals surface area contributed by atoms with Crippen LogP contribution in [0.15, 0.2) is 72.8 Å². The van der Waals surface area contributed by atoms with Crippen molar-refractivity contribution in [1.29, 1.82) is 0 Å². The van der Waals surface area contributed by atoms with Gasteiger partial charge in [0.15, 0.2) is 7.14 Å². The van der Waals surface area contributed by atoms with E-state index in [-0.39, 0.29) is 33.4 Å². The van der Waals surface area contributed by atoms with Crippen LogP contribution in [0.2, 0.25) is 0 Å². The van der Waals surface area contributed by atoms with Crippen molar-refractivity contribution >= 4 is 13.8 Å². The van der Waals surface area contributed by atoms with Crippen molar-refractivity contribution < 1.29 is 61.0 Å². The molecule has 11 heteroatoms. The molecule has 174 valence electrons. The van der Waals surface area contributed by atoms with Crippen molar-refractivity contribution in [1.82, 2.24) is 0 Å². The number of aromatic carboxylic acids is 1. The van der Waals surface area contributed by atoms with Gasteiger partial charge in [-0.3, -0.25) is 0 Å². The first-order chi connectivity index (χ1) is 14.6. The molecular weight excluding hydrogens is 572 g/mol. The summed E-state index contributed by atoms with van der Waals surface area (Å²) in [5, 5.41) is 9.20. The average molecular weight is 590 g/mol. The number of rotatable bonds is 6. The van der Waals surface area contributed by atoms with E-state index in [1.54, 1.807) is 18.2 Å². The Balaban J connectivity index is 0.000000451. The van der Waals surface area contributed by atoms with Crippen LogP contribution in [0, 0.1) is 14.1 Å². The van der Waals surface area contributed by atoms with Gasteiger partial charge >= 0.3 is 60.2 Å². The predicted molar refractivity (Wildman–Crippen MR) is 106 cm³/mol. The van der Waals surface area contributed by atoms with Gasteiger partial charge in [-0.15, -0.1) is 0 Å². The molecule has 0 unspecified atom stereocenters. The second-order valence-electron chi connectivity index (χ2n) is 6.55. The summed E-state index contributed by atoms with van der Waals surface area (Å²) in [6, 6.07) is 23.7. The van der Waals surface area contributed by atoms with Crippen LogP contribution in [0.1, 0.15) is 21.5 Å². The van der Waals surface area contributed by atoms with Gasteiger partial charge in [0.2, 0.25) is 0 Å². The van der Waals surface area contributed by atoms with Crippen molar-refractivity contribution in [2.45, 2.75) is 13.5 Å². The van der Waals surface area contributed by atoms with Gasteiger partial charge in [-0.25, -0.2) is 4.79 Å². The molecule has 0 saturated heterocycles. The Morgan fingerprint density at radius 2 is 1.31 bits per heavy atom. The summed E-state index contributed by atoms with van der Waals surface area (Å²) in [5.41, 5.74) is 2.23. The molecule has 0 amide bonds. The van der Waals surface area contributed by atoms with E-state index in [2.05, 4.69) is 43.3 Å². The van der Waals surface area contributed by atoms with E-state index in [0.29, 0.717) is 5.56 Å². The molecule has 0 fully saturated rings. The van der Waals surface area contributed by atoms with Crippen LogP contribution in [0.4, 0.5) is 25.2 Å². The summed E-state index contributed by atoms with van der Waals surface area (Å²) in [7, 11) is -10.7. The zero-order valence-electron chi connectivity index (χ0n) is 16.5. The Labute approximate surface area is 190 Å².